The van der Waals surface area contributed by atoms with Crippen LogP contribution in [0.4, 0.5) is 0 Å². The summed E-state index contributed by atoms with van der Waals surface area (Å²) in [5.41, 5.74) is 5.95. The van der Waals surface area contributed by atoms with E-state index in [2.05, 4.69) is 13.8 Å². The molecule has 0 aliphatic heterocycles. The van der Waals surface area contributed by atoms with Crippen LogP contribution in [0.15, 0.2) is 22.8 Å². The zero-order valence-corrected chi connectivity index (χ0v) is 9.57. The summed E-state index contributed by atoms with van der Waals surface area (Å²) >= 11 is 0. The van der Waals surface area contributed by atoms with Gasteiger partial charge in [-0.1, -0.05) is 13.8 Å². The first-order valence-corrected chi connectivity index (χ1v) is 5.61. The van der Waals surface area contributed by atoms with Crippen molar-refractivity contribution in [3.8, 4) is 0 Å². The molecule has 1 rings (SSSR count). The van der Waals surface area contributed by atoms with E-state index in [-0.39, 0.29) is 18.1 Å². The van der Waals surface area contributed by atoms with E-state index in [4.69, 9.17) is 10.2 Å². The Bertz CT molecular complexity index is 271. The minimum Gasteiger partial charge on any atom is -0.469 e. The van der Waals surface area contributed by atoms with Crippen LogP contribution >= 0.6 is 0 Å². The van der Waals surface area contributed by atoms with Crippen LogP contribution in [0.5, 0.6) is 0 Å². The minimum atomic E-state index is -0.215. The number of hydrogen-bond donors (Lipinski definition) is 2. The quantitative estimate of drug-likeness (QED) is 0.757. The van der Waals surface area contributed by atoms with E-state index < -0.39 is 0 Å². The zero-order chi connectivity index (χ0) is 11.3. The van der Waals surface area contributed by atoms with Crippen LogP contribution in [-0.2, 0) is 5.41 Å². The number of furan rings is 1. The molecule has 0 aliphatic rings. The molecular weight excluding hydrogens is 190 g/mol. The van der Waals surface area contributed by atoms with Crippen LogP contribution in [0.2, 0.25) is 0 Å². The van der Waals surface area contributed by atoms with E-state index in [1.807, 2.05) is 12.1 Å². The maximum Gasteiger partial charge on any atom is 0.111 e. The van der Waals surface area contributed by atoms with Crippen molar-refractivity contribution in [1.29, 1.82) is 0 Å². The molecule has 0 spiro atoms. The summed E-state index contributed by atoms with van der Waals surface area (Å²) in [7, 11) is 0. The molecule has 2 atom stereocenters. The van der Waals surface area contributed by atoms with Crippen LogP contribution in [-0.4, -0.2) is 17.8 Å². The van der Waals surface area contributed by atoms with Gasteiger partial charge in [0.05, 0.1) is 6.26 Å². The third kappa shape index (κ3) is 2.24. The Morgan fingerprint density at radius 2 is 2.27 bits per heavy atom. The SMILES string of the molecule is CCC(N)C(CC)(CCO)c1ccco1. The highest BCUT2D eigenvalue weighted by atomic mass is 16.3. The first-order chi connectivity index (χ1) is 7.21. The smallest absolute Gasteiger partial charge is 0.111 e. The van der Waals surface area contributed by atoms with E-state index in [0.29, 0.717) is 6.42 Å². The van der Waals surface area contributed by atoms with Gasteiger partial charge >= 0.3 is 0 Å². The van der Waals surface area contributed by atoms with E-state index in [1.165, 1.54) is 0 Å². The summed E-state index contributed by atoms with van der Waals surface area (Å²) in [5.74, 6) is 0.897. The van der Waals surface area contributed by atoms with Gasteiger partial charge in [-0.05, 0) is 31.4 Å². The molecule has 15 heavy (non-hydrogen) atoms. The zero-order valence-electron chi connectivity index (χ0n) is 9.57. The summed E-state index contributed by atoms with van der Waals surface area (Å²) in [5, 5.41) is 9.18. The summed E-state index contributed by atoms with van der Waals surface area (Å²) in [6.45, 7) is 4.30. The van der Waals surface area contributed by atoms with Crippen LogP contribution in [0.25, 0.3) is 0 Å². The fourth-order valence-electron chi connectivity index (χ4n) is 2.26. The van der Waals surface area contributed by atoms with E-state index in [9.17, 15) is 5.11 Å². The number of aliphatic hydroxyl groups is 1. The van der Waals surface area contributed by atoms with Crippen molar-refractivity contribution >= 4 is 0 Å². The minimum absolute atomic E-state index is 0.0285. The van der Waals surface area contributed by atoms with Crippen molar-refractivity contribution in [3.63, 3.8) is 0 Å². The molecule has 0 aromatic carbocycles. The summed E-state index contributed by atoms with van der Waals surface area (Å²) in [6, 6.07) is 3.86. The number of nitrogens with two attached hydrogens (primary N) is 1. The molecule has 0 saturated carbocycles. The van der Waals surface area contributed by atoms with Gasteiger partial charge in [0.1, 0.15) is 5.76 Å². The van der Waals surface area contributed by atoms with Crippen molar-refractivity contribution in [2.24, 2.45) is 5.73 Å². The Balaban J connectivity index is 3.03. The Labute approximate surface area is 91.3 Å². The van der Waals surface area contributed by atoms with E-state index in [0.717, 1.165) is 18.6 Å². The second-order valence-corrected chi connectivity index (χ2v) is 3.98. The molecule has 3 heteroatoms. The van der Waals surface area contributed by atoms with Gasteiger partial charge in [-0.25, -0.2) is 0 Å². The Morgan fingerprint density at radius 3 is 2.67 bits per heavy atom. The van der Waals surface area contributed by atoms with Crippen molar-refractivity contribution in [2.45, 2.75) is 44.6 Å². The van der Waals surface area contributed by atoms with E-state index in [1.54, 1.807) is 6.26 Å². The maximum atomic E-state index is 9.18. The Kier molecular flexibility index (Phi) is 4.36. The number of aliphatic hydroxyl groups excluding tert-OH is 1. The molecule has 3 N–H and O–H groups in total. The molecule has 86 valence electrons. The van der Waals surface area contributed by atoms with Gasteiger partial charge in [-0.15, -0.1) is 0 Å². The molecule has 0 radical (unpaired) electrons. The van der Waals surface area contributed by atoms with Crippen LogP contribution in [0.3, 0.4) is 0 Å². The lowest BCUT2D eigenvalue weighted by Crippen LogP contribution is -2.45. The molecular formula is C12H21NO2. The molecule has 0 saturated heterocycles. The first kappa shape index (κ1) is 12.3. The molecule has 0 bridgehead atoms. The number of hydrogen-bond acceptors (Lipinski definition) is 3. The first-order valence-electron chi connectivity index (χ1n) is 5.61. The van der Waals surface area contributed by atoms with Gasteiger partial charge in [0, 0.05) is 18.1 Å². The average Bonchev–Trinajstić information content (AvgIpc) is 2.78. The van der Waals surface area contributed by atoms with Crippen molar-refractivity contribution < 1.29 is 9.52 Å². The predicted octanol–water partition coefficient (Wildman–Crippen LogP) is 2.05. The predicted molar refractivity (Wildman–Crippen MR) is 60.6 cm³/mol. The third-order valence-electron chi connectivity index (χ3n) is 3.35. The summed E-state index contributed by atoms with van der Waals surface area (Å²) in [4.78, 5) is 0. The van der Waals surface area contributed by atoms with Gasteiger partial charge in [-0.2, -0.15) is 0 Å². The topological polar surface area (TPSA) is 59.4 Å². The highest BCUT2D eigenvalue weighted by molar-refractivity contribution is 5.17. The Hall–Kier alpha value is -0.800. The number of rotatable bonds is 6. The van der Waals surface area contributed by atoms with Gasteiger partial charge in [0.15, 0.2) is 0 Å². The molecule has 0 aliphatic carbocycles. The van der Waals surface area contributed by atoms with Crippen molar-refractivity contribution in [1.82, 2.24) is 0 Å². The molecule has 1 heterocycles. The molecule has 3 nitrogen and oxygen atoms in total. The van der Waals surface area contributed by atoms with Gasteiger partial charge in [-0.3, -0.25) is 0 Å². The Morgan fingerprint density at radius 1 is 1.53 bits per heavy atom. The van der Waals surface area contributed by atoms with Crippen LogP contribution in [0.1, 0.15) is 38.9 Å². The molecule has 0 fully saturated rings. The maximum absolute atomic E-state index is 9.18. The normalized spacial score (nSPS) is 17.3. The van der Waals surface area contributed by atoms with E-state index >= 15 is 0 Å². The third-order valence-corrected chi connectivity index (χ3v) is 3.35. The van der Waals surface area contributed by atoms with Gasteiger partial charge < -0.3 is 15.3 Å². The van der Waals surface area contributed by atoms with Crippen LogP contribution < -0.4 is 5.73 Å². The molecule has 0 amide bonds. The fourth-order valence-corrected chi connectivity index (χ4v) is 2.26. The van der Waals surface area contributed by atoms with Crippen molar-refractivity contribution in [3.05, 3.63) is 24.2 Å². The molecule has 1 aromatic rings. The summed E-state index contributed by atoms with van der Waals surface area (Å²) in [6.07, 6.45) is 4.09. The van der Waals surface area contributed by atoms with Crippen molar-refractivity contribution in [2.75, 3.05) is 6.61 Å². The lowest BCUT2D eigenvalue weighted by Gasteiger charge is -2.35. The van der Waals surface area contributed by atoms with Crippen LogP contribution in [0, 0.1) is 0 Å². The monoisotopic (exact) mass is 211 g/mol. The highest BCUT2D eigenvalue weighted by Gasteiger charge is 2.37. The van der Waals surface area contributed by atoms with Gasteiger partial charge in [0.2, 0.25) is 0 Å². The summed E-state index contributed by atoms with van der Waals surface area (Å²) < 4.78 is 5.47. The highest BCUT2D eigenvalue weighted by Crippen LogP contribution is 2.35. The second kappa shape index (κ2) is 5.33. The second-order valence-electron chi connectivity index (χ2n) is 3.98. The molecule has 2 unspecified atom stereocenters. The fraction of sp³-hybridized carbons (Fsp3) is 0.667. The van der Waals surface area contributed by atoms with Gasteiger partial charge in [0.25, 0.3) is 0 Å². The lowest BCUT2D eigenvalue weighted by atomic mass is 9.72. The standard InChI is InChI=1S/C12H21NO2/c1-3-10(13)12(4-2,7-8-14)11-6-5-9-15-11/h5-6,9-10,14H,3-4,7-8,13H2,1-2H3. The average molecular weight is 211 g/mol. The lowest BCUT2D eigenvalue weighted by molar-refractivity contribution is 0.183. The largest absolute Gasteiger partial charge is 0.469 e. The molecule has 1 aromatic heterocycles.